The van der Waals surface area contributed by atoms with Gasteiger partial charge in [0.25, 0.3) is 0 Å². The summed E-state index contributed by atoms with van der Waals surface area (Å²) in [5.41, 5.74) is 1.08. The smallest absolute Gasteiger partial charge is 0.317 e. The zero-order valence-electron chi connectivity index (χ0n) is 16.0. The molecule has 2 heterocycles. The third-order valence-electron chi connectivity index (χ3n) is 4.68. The number of nitrogens with zero attached hydrogens (tertiary/aromatic N) is 3. The number of benzene rings is 1. The fourth-order valence-electron chi connectivity index (χ4n) is 3.13. The number of hydrogen-bond acceptors (Lipinski definition) is 6. The topological polar surface area (TPSA) is 82.6 Å². The summed E-state index contributed by atoms with van der Waals surface area (Å²) in [5.74, 6) is 0.0259. The van der Waals surface area contributed by atoms with Crippen LogP contribution in [-0.2, 0) is 16.4 Å². The summed E-state index contributed by atoms with van der Waals surface area (Å²) in [6, 6.07) is 8.28. The number of carbonyl (C=O) groups is 1. The number of piperazine rings is 1. The monoisotopic (exact) mass is 422 g/mol. The maximum Gasteiger partial charge on any atom is 0.317 e. The van der Waals surface area contributed by atoms with Crippen LogP contribution in [-0.4, -0.2) is 67.7 Å². The van der Waals surface area contributed by atoms with Gasteiger partial charge in [0.1, 0.15) is 0 Å². The molecule has 0 radical (unpaired) electrons. The minimum atomic E-state index is -3.30. The normalized spacial score (nSPS) is 15.5. The maximum absolute atomic E-state index is 12.3. The molecule has 1 saturated heterocycles. The van der Waals surface area contributed by atoms with Crippen molar-refractivity contribution in [2.45, 2.75) is 24.8 Å². The van der Waals surface area contributed by atoms with Crippen LogP contribution in [0.2, 0.25) is 0 Å². The Balaban J connectivity index is 1.36. The molecule has 0 aliphatic carbocycles. The fraction of sp³-hybridized carbons (Fsp3) is 0.474. The molecule has 1 aliphatic heterocycles. The van der Waals surface area contributed by atoms with Gasteiger partial charge in [-0.05, 0) is 25.5 Å². The van der Waals surface area contributed by atoms with E-state index in [9.17, 15) is 13.2 Å². The number of nitrogens with one attached hydrogen (secondary N) is 1. The first-order valence-corrected chi connectivity index (χ1v) is 11.9. The maximum atomic E-state index is 12.3. The molecule has 0 unspecified atom stereocenters. The van der Waals surface area contributed by atoms with Gasteiger partial charge in [-0.1, -0.05) is 18.2 Å². The third kappa shape index (κ3) is 5.76. The number of sulfone groups is 1. The number of amides is 2. The van der Waals surface area contributed by atoms with Crippen molar-refractivity contribution in [2.75, 3.05) is 38.5 Å². The Morgan fingerprint density at radius 3 is 2.54 bits per heavy atom. The summed E-state index contributed by atoms with van der Waals surface area (Å²) < 4.78 is 24.5. The first-order chi connectivity index (χ1) is 13.4. The molecule has 1 aromatic carbocycles. The number of thiazole rings is 1. The average molecular weight is 423 g/mol. The lowest BCUT2D eigenvalue weighted by molar-refractivity contribution is 0.134. The zero-order chi connectivity index (χ0) is 20.0. The van der Waals surface area contributed by atoms with Crippen molar-refractivity contribution < 1.29 is 13.2 Å². The van der Waals surface area contributed by atoms with E-state index < -0.39 is 9.84 Å². The second-order valence-electron chi connectivity index (χ2n) is 6.84. The summed E-state index contributed by atoms with van der Waals surface area (Å²) in [5, 5.41) is 5.99. The Bertz CT molecular complexity index is 876. The largest absolute Gasteiger partial charge is 0.338 e. The number of carbonyl (C=O) groups excluding carboxylic acids is 1. The van der Waals surface area contributed by atoms with E-state index in [0.717, 1.165) is 30.3 Å². The summed E-state index contributed by atoms with van der Waals surface area (Å²) in [6.45, 7) is 6.12. The standard InChI is InChI=1S/C19H26N4O3S2/c1-16-21-17(15-27-16)14-22-9-11-23(12-10-22)19(24)20-8-5-13-28(25,26)18-6-3-2-4-7-18/h2-4,6-7,15H,5,8-14H2,1H3,(H,20,24). The highest BCUT2D eigenvalue weighted by molar-refractivity contribution is 7.91. The molecule has 1 fully saturated rings. The SMILES string of the molecule is Cc1nc(CN2CCN(C(=O)NCCCS(=O)(=O)c3ccccc3)CC2)cs1. The summed E-state index contributed by atoms with van der Waals surface area (Å²) in [4.78, 5) is 21.2. The van der Waals surface area contributed by atoms with E-state index in [2.05, 4.69) is 20.6 Å². The van der Waals surface area contributed by atoms with Crippen molar-refractivity contribution in [2.24, 2.45) is 0 Å². The number of rotatable bonds is 7. The van der Waals surface area contributed by atoms with Gasteiger partial charge in [-0.15, -0.1) is 11.3 Å². The van der Waals surface area contributed by atoms with E-state index in [1.54, 1.807) is 46.6 Å². The minimum absolute atomic E-state index is 0.0259. The number of aromatic nitrogens is 1. The molecule has 1 N–H and O–H groups in total. The zero-order valence-corrected chi connectivity index (χ0v) is 17.6. The molecule has 1 aromatic heterocycles. The second kappa shape index (κ2) is 9.49. The van der Waals surface area contributed by atoms with Gasteiger partial charge in [-0.2, -0.15) is 0 Å². The number of hydrogen-bond donors (Lipinski definition) is 1. The van der Waals surface area contributed by atoms with Gasteiger partial charge in [-0.25, -0.2) is 18.2 Å². The van der Waals surface area contributed by atoms with E-state index in [1.165, 1.54) is 0 Å². The lowest BCUT2D eigenvalue weighted by Gasteiger charge is -2.34. The van der Waals surface area contributed by atoms with Gasteiger partial charge in [-0.3, -0.25) is 4.90 Å². The van der Waals surface area contributed by atoms with Crippen molar-refractivity contribution >= 4 is 27.2 Å². The molecule has 0 saturated carbocycles. The molecular formula is C19H26N4O3S2. The molecule has 2 aromatic rings. The van der Waals surface area contributed by atoms with Gasteiger partial charge in [0.05, 0.1) is 21.3 Å². The number of urea groups is 1. The molecule has 0 spiro atoms. The molecule has 0 atom stereocenters. The molecule has 9 heteroatoms. The predicted molar refractivity (Wildman–Crippen MR) is 110 cm³/mol. The van der Waals surface area contributed by atoms with Crippen molar-refractivity contribution in [3.8, 4) is 0 Å². The van der Waals surface area contributed by atoms with E-state index in [0.29, 0.717) is 31.0 Å². The van der Waals surface area contributed by atoms with E-state index in [4.69, 9.17) is 0 Å². The first-order valence-electron chi connectivity index (χ1n) is 9.38. The van der Waals surface area contributed by atoms with Crippen molar-refractivity contribution in [3.63, 3.8) is 0 Å². The fourth-order valence-corrected chi connectivity index (χ4v) is 5.07. The lowest BCUT2D eigenvalue weighted by Crippen LogP contribution is -2.51. The molecule has 3 rings (SSSR count). The van der Waals surface area contributed by atoms with Gasteiger partial charge in [0.2, 0.25) is 0 Å². The van der Waals surface area contributed by atoms with Crippen LogP contribution in [0, 0.1) is 6.92 Å². The second-order valence-corrected chi connectivity index (χ2v) is 10.0. The highest BCUT2D eigenvalue weighted by Crippen LogP contribution is 2.13. The summed E-state index contributed by atoms with van der Waals surface area (Å²) >= 11 is 1.65. The summed E-state index contributed by atoms with van der Waals surface area (Å²) in [7, 11) is -3.30. The van der Waals surface area contributed by atoms with E-state index >= 15 is 0 Å². The van der Waals surface area contributed by atoms with E-state index in [1.807, 2.05) is 6.92 Å². The molecule has 152 valence electrons. The lowest BCUT2D eigenvalue weighted by atomic mass is 10.3. The molecule has 2 amide bonds. The van der Waals surface area contributed by atoms with Gasteiger partial charge in [0.15, 0.2) is 9.84 Å². The predicted octanol–water partition coefficient (Wildman–Crippen LogP) is 2.14. The van der Waals surface area contributed by atoms with Crippen molar-refractivity contribution in [1.29, 1.82) is 0 Å². The molecular weight excluding hydrogens is 396 g/mol. The Hall–Kier alpha value is -1.97. The number of aryl methyl sites for hydroxylation is 1. The van der Waals surface area contributed by atoms with Crippen LogP contribution in [0.5, 0.6) is 0 Å². The van der Waals surface area contributed by atoms with E-state index in [-0.39, 0.29) is 11.8 Å². The molecule has 28 heavy (non-hydrogen) atoms. The third-order valence-corrected chi connectivity index (χ3v) is 7.32. The van der Waals surface area contributed by atoms with Crippen molar-refractivity contribution in [1.82, 2.24) is 20.1 Å². The van der Waals surface area contributed by atoms with Crippen LogP contribution in [0.3, 0.4) is 0 Å². The molecule has 7 nitrogen and oxygen atoms in total. The van der Waals surface area contributed by atoms with Gasteiger partial charge < -0.3 is 10.2 Å². The Labute approximate surface area is 170 Å². The Morgan fingerprint density at radius 1 is 1.18 bits per heavy atom. The Kier molecular flexibility index (Phi) is 7.03. The van der Waals surface area contributed by atoms with Crippen LogP contribution < -0.4 is 5.32 Å². The van der Waals surface area contributed by atoms with Gasteiger partial charge in [0, 0.05) is 44.6 Å². The quantitative estimate of drug-likeness (QED) is 0.692. The van der Waals surface area contributed by atoms with Crippen LogP contribution in [0.1, 0.15) is 17.1 Å². The van der Waals surface area contributed by atoms with Crippen LogP contribution >= 0.6 is 11.3 Å². The van der Waals surface area contributed by atoms with Crippen LogP contribution in [0.15, 0.2) is 40.6 Å². The highest BCUT2D eigenvalue weighted by atomic mass is 32.2. The summed E-state index contributed by atoms with van der Waals surface area (Å²) in [6.07, 6.45) is 0.395. The minimum Gasteiger partial charge on any atom is -0.338 e. The first kappa shape index (κ1) is 20.8. The Morgan fingerprint density at radius 2 is 1.89 bits per heavy atom. The van der Waals surface area contributed by atoms with Gasteiger partial charge >= 0.3 is 6.03 Å². The van der Waals surface area contributed by atoms with Crippen LogP contribution in [0.25, 0.3) is 0 Å². The van der Waals surface area contributed by atoms with Crippen LogP contribution in [0.4, 0.5) is 4.79 Å². The molecule has 0 bridgehead atoms. The molecule has 1 aliphatic rings. The average Bonchev–Trinajstić information content (AvgIpc) is 3.11. The van der Waals surface area contributed by atoms with Crippen molar-refractivity contribution in [3.05, 3.63) is 46.4 Å². The highest BCUT2D eigenvalue weighted by Gasteiger charge is 2.21.